The second-order valence-electron chi connectivity index (χ2n) is 11.7. The number of benzene rings is 3. The van der Waals surface area contributed by atoms with Gasteiger partial charge in [0.25, 0.3) is 0 Å². The fourth-order valence-corrected chi connectivity index (χ4v) is 6.77. The summed E-state index contributed by atoms with van der Waals surface area (Å²) in [7, 11) is -1.57. The maximum Gasteiger partial charge on any atom is 0.408 e. The van der Waals surface area contributed by atoms with Crippen molar-refractivity contribution in [1.29, 1.82) is 0 Å². The Morgan fingerprint density at radius 2 is 1.64 bits per heavy atom. The van der Waals surface area contributed by atoms with Gasteiger partial charge in [0.2, 0.25) is 0 Å². The highest BCUT2D eigenvalue weighted by Crippen LogP contribution is 2.40. The fraction of sp³-hybridized carbons (Fsp3) is 0.424. The van der Waals surface area contributed by atoms with Gasteiger partial charge >= 0.3 is 13.7 Å². The molecule has 0 aliphatic carbocycles. The minimum Gasteiger partial charge on any atom is -0.489 e. The van der Waals surface area contributed by atoms with E-state index in [0.717, 1.165) is 26.7 Å². The van der Waals surface area contributed by atoms with Crippen LogP contribution >= 0.6 is 31.0 Å². The van der Waals surface area contributed by atoms with E-state index in [1.54, 1.807) is 32.5 Å². The topological polar surface area (TPSA) is 124 Å². The van der Waals surface area contributed by atoms with Crippen molar-refractivity contribution in [1.82, 2.24) is 5.32 Å². The minimum absolute atomic E-state index is 0.0969. The molecule has 45 heavy (non-hydrogen) atoms. The molecule has 0 saturated heterocycles. The van der Waals surface area contributed by atoms with Gasteiger partial charge in [-0.15, -0.1) is 0 Å². The monoisotopic (exact) mass is 679 g/mol. The minimum atomic E-state index is -4.40. The van der Waals surface area contributed by atoms with Crippen molar-refractivity contribution in [2.75, 3.05) is 20.4 Å². The Bertz CT molecular complexity index is 1430. The number of amides is 1. The smallest absolute Gasteiger partial charge is 0.408 e. The molecule has 3 N–H and O–H groups in total. The Hall–Kier alpha value is -2.56. The van der Waals surface area contributed by atoms with Crippen LogP contribution in [-0.2, 0) is 31.8 Å². The number of alkyl carbamates (subject to hydrolysis) is 1. The Morgan fingerprint density at radius 3 is 2.27 bits per heavy atom. The predicted octanol–water partition coefficient (Wildman–Crippen LogP) is 7.84. The quantitative estimate of drug-likeness (QED) is 0.103. The van der Waals surface area contributed by atoms with E-state index in [-0.39, 0.29) is 12.8 Å². The molecule has 0 spiro atoms. The fourth-order valence-electron chi connectivity index (χ4n) is 4.84. The van der Waals surface area contributed by atoms with Gasteiger partial charge in [0.15, 0.2) is 6.29 Å². The molecule has 0 radical (unpaired) electrons. The van der Waals surface area contributed by atoms with E-state index in [9.17, 15) is 19.1 Å². The molecule has 0 aliphatic rings. The highest BCUT2D eigenvalue weighted by molar-refractivity contribution is 7.99. The van der Waals surface area contributed by atoms with Crippen LogP contribution in [0, 0.1) is 0 Å². The lowest BCUT2D eigenvalue weighted by Crippen LogP contribution is -2.59. The number of carbonyl (C=O) groups is 1. The Labute approximate surface area is 275 Å². The molecule has 0 heterocycles. The first-order chi connectivity index (χ1) is 21.2. The van der Waals surface area contributed by atoms with Gasteiger partial charge in [0.1, 0.15) is 18.0 Å². The second-order valence-corrected chi connectivity index (χ2v) is 15.0. The molecular weight excluding hydrogens is 637 g/mol. The largest absolute Gasteiger partial charge is 0.489 e. The SMILES string of the molecule is COC(OC)C(CCCc1ccc(Sc2cccc(OCc3ccccc3)c2)cc1Cl)(CCP(=O)(O)O)NC(=O)OC(C)(C)C. The van der Waals surface area contributed by atoms with Crippen molar-refractivity contribution in [3.8, 4) is 5.75 Å². The van der Waals surface area contributed by atoms with Crippen molar-refractivity contribution >= 4 is 37.1 Å². The third-order valence-corrected chi connectivity index (χ3v) is 9.00. The van der Waals surface area contributed by atoms with Gasteiger partial charge in [-0.25, -0.2) is 4.79 Å². The molecule has 0 bridgehead atoms. The zero-order chi connectivity index (χ0) is 33.1. The van der Waals surface area contributed by atoms with Crippen LogP contribution in [0.1, 0.15) is 51.2 Å². The lowest BCUT2D eigenvalue weighted by atomic mass is 9.87. The summed E-state index contributed by atoms with van der Waals surface area (Å²) in [6, 6.07) is 23.7. The van der Waals surface area contributed by atoms with Crippen molar-refractivity contribution in [2.45, 2.75) is 80.3 Å². The first-order valence-electron chi connectivity index (χ1n) is 14.6. The number of hydrogen-bond acceptors (Lipinski definition) is 7. The maximum atomic E-state index is 12.9. The average Bonchev–Trinajstić information content (AvgIpc) is 2.96. The van der Waals surface area contributed by atoms with E-state index < -0.39 is 37.3 Å². The molecule has 0 saturated carbocycles. The standard InChI is InChI=1S/C33H43ClNO8PS/c1-32(2,3)43-31(36)35-33(30(40-4)41-5,19-20-44(37,38)39)18-10-13-25-16-17-28(22-29(25)34)45-27-15-9-14-26(21-27)42-23-24-11-7-6-8-12-24/h6-9,11-12,14-17,21-22,30H,10,13,18-20,23H2,1-5H3,(H,35,36)(H2,37,38,39). The second kappa shape index (κ2) is 16.8. The Balaban J connectivity index is 1.70. The summed E-state index contributed by atoms with van der Waals surface area (Å²) < 4.78 is 34.3. The number of halogens is 1. The predicted molar refractivity (Wildman–Crippen MR) is 177 cm³/mol. The third-order valence-electron chi connectivity index (χ3n) is 6.86. The molecule has 1 atom stereocenters. The van der Waals surface area contributed by atoms with Gasteiger partial charge in [-0.05, 0) is 87.9 Å². The molecule has 9 nitrogen and oxygen atoms in total. The van der Waals surface area contributed by atoms with Gasteiger partial charge in [-0.1, -0.05) is 65.8 Å². The number of nitrogens with one attached hydrogen (secondary N) is 1. The van der Waals surface area contributed by atoms with Crippen LogP contribution in [0.4, 0.5) is 4.79 Å². The lowest BCUT2D eigenvalue weighted by Gasteiger charge is -2.40. The summed E-state index contributed by atoms with van der Waals surface area (Å²) >= 11 is 8.28. The van der Waals surface area contributed by atoms with Crippen molar-refractivity contribution in [3.05, 3.63) is 88.9 Å². The van der Waals surface area contributed by atoms with Crippen LogP contribution in [0.25, 0.3) is 0 Å². The van der Waals surface area contributed by atoms with E-state index in [1.165, 1.54) is 14.2 Å². The number of methoxy groups -OCH3 is 2. The molecular formula is C33H43ClNO8PS. The van der Waals surface area contributed by atoms with Crippen molar-refractivity contribution in [3.63, 3.8) is 0 Å². The third kappa shape index (κ3) is 12.6. The zero-order valence-corrected chi connectivity index (χ0v) is 28.8. The van der Waals surface area contributed by atoms with Crippen LogP contribution in [0.2, 0.25) is 5.02 Å². The summed E-state index contributed by atoms with van der Waals surface area (Å²) in [6.45, 7) is 5.68. The van der Waals surface area contributed by atoms with Crippen molar-refractivity contribution in [2.24, 2.45) is 0 Å². The number of carbonyl (C=O) groups excluding carboxylic acids is 1. The van der Waals surface area contributed by atoms with Crippen LogP contribution in [0.3, 0.4) is 0 Å². The zero-order valence-electron chi connectivity index (χ0n) is 26.3. The molecule has 3 rings (SSSR count). The van der Waals surface area contributed by atoms with Crippen molar-refractivity contribution < 1.29 is 38.1 Å². The highest BCUT2D eigenvalue weighted by atomic mass is 35.5. The Morgan fingerprint density at radius 1 is 0.956 bits per heavy atom. The van der Waals surface area contributed by atoms with Gasteiger partial charge in [0.05, 0.1) is 11.7 Å². The molecule has 0 fully saturated rings. The molecule has 0 aliphatic heterocycles. The Kier molecular flexibility index (Phi) is 13.8. The summed E-state index contributed by atoms with van der Waals surface area (Å²) in [6.07, 6.45) is -0.966. The number of ether oxygens (including phenoxy) is 4. The molecule has 246 valence electrons. The summed E-state index contributed by atoms with van der Waals surface area (Å²) in [5.41, 5.74) is -0.0625. The van der Waals surface area contributed by atoms with Crippen LogP contribution < -0.4 is 10.1 Å². The van der Waals surface area contributed by atoms with Crippen LogP contribution in [0.15, 0.2) is 82.6 Å². The van der Waals surface area contributed by atoms with E-state index >= 15 is 0 Å². The summed E-state index contributed by atoms with van der Waals surface area (Å²) in [5.74, 6) is 0.777. The van der Waals surface area contributed by atoms with Gasteiger partial charge in [-0.2, -0.15) is 0 Å². The summed E-state index contributed by atoms with van der Waals surface area (Å²) in [4.78, 5) is 34.1. The number of rotatable bonds is 16. The van der Waals surface area contributed by atoms with Gasteiger partial charge in [-0.3, -0.25) is 4.57 Å². The van der Waals surface area contributed by atoms with E-state index in [2.05, 4.69) is 5.32 Å². The van der Waals surface area contributed by atoms with Crippen LogP contribution in [-0.4, -0.2) is 53.7 Å². The first-order valence-corrected chi connectivity index (χ1v) is 17.6. The molecule has 3 aromatic rings. The van der Waals surface area contributed by atoms with E-state index in [4.69, 9.17) is 30.5 Å². The van der Waals surface area contributed by atoms with Gasteiger partial charge in [0, 0.05) is 29.0 Å². The van der Waals surface area contributed by atoms with Crippen LogP contribution in [0.5, 0.6) is 5.75 Å². The number of aryl methyl sites for hydroxylation is 1. The number of hydrogen-bond donors (Lipinski definition) is 3. The molecule has 0 aromatic heterocycles. The first kappa shape index (κ1) is 36.9. The maximum absolute atomic E-state index is 12.9. The molecule has 3 aromatic carbocycles. The highest BCUT2D eigenvalue weighted by Gasteiger charge is 2.43. The molecule has 12 heteroatoms. The summed E-state index contributed by atoms with van der Waals surface area (Å²) in [5, 5.41) is 3.41. The molecule has 1 amide bonds. The molecule has 1 unspecified atom stereocenters. The lowest BCUT2D eigenvalue weighted by molar-refractivity contribution is -0.158. The normalized spacial score (nSPS) is 13.4. The van der Waals surface area contributed by atoms with Gasteiger partial charge < -0.3 is 34.1 Å². The van der Waals surface area contributed by atoms with E-state index in [1.807, 2.05) is 72.8 Å². The van der Waals surface area contributed by atoms with E-state index in [0.29, 0.717) is 24.5 Å². The average molecular weight is 680 g/mol.